The van der Waals surface area contributed by atoms with Gasteiger partial charge in [-0.05, 0) is 147 Å². The zero-order valence-electron chi connectivity index (χ0n) is 64.4. The number of carbonyl (C=O) groups is 8. The lowest BCUT2D eigenvalue weighted by Crippen LogP contribution is -2.55. The van der Waals surface area contributed by atoms with E-state index in [1.165, 1.54) is 67.6 Å². The second kappa shape index (κ2) is 43.9. The fourth-order valence-electron chi connectivity index (χ4n) is 14.5. The summed E-state index contributed by atoms with van der Waals surface area (Å²) in [5, 5.41) is 22.7. The lowest BCUT2D eigenvalue weighted by molar-refractivity contribution is -0.133. The summed E-state index contributed by atoms with van der Waals surface area (Å²) in [7, 11) is 3.15. The highest BCUT2D eigenvalue weighted by molar-refractivity contribution is 6.16. The molecule has 30 heteroatoms. The van der Waals surface area contributed by atoms with Crippen molar-refractivity contribution < 1.29 is 76.3 Å². The van der Waals surface area contributed by atoms with Crippen molar-refractivity contribution in [1.29, 1.82) is 0 Å². The maximum atomic E-state index is 13.9. The molecule has 0 spiro atoms. The fourth-order valence-corrected chi connectivity index (χ4v) is 14.5. The van der Waals surface area contributed by atoms with Gasteiger partial charge in [0.25, 0.3) is 0 Å². The van der Waals surface area contributed by atoms with Crippen LogP contribution >= 0.6 is 0 Å². The van der Waals surface area contributed by atoms with Crippen LogP contribution in [0, 0.1) is 43.4 Å². The molecule has 3 aromatic carbocycles. The van der Waals surface area contributed by atoms with Crippen LogP contribution in [0.25, 0.3) is 38.0 Å². The van der Waals surface area contributed by atoms with Crippen molar-refractivity contribution in [3.8, 4) is 5.75 Å². The number of urea groups is 1. The Kier molecular flexibility index (Phi) is 33.9. The number of rotatable bonds is 43. The van der Waals surface area contributed by atoms with Gasteiger partial charge >= 0.3 is 24.3 Å². The Balaban J connectivity index is 0.593. The Hall–Kier alpha value is -9.07. The van der Waals surface area contributed by atoms with Crippen molar-refractivity contribution in [2.75, 3.05) is 131 Å². The quantitative estimate of drug-likeness (QED) is 0.0164. The number of nitrogens with zero attached hydrogens (tertiary/aromatic N) is 5. The number of hydrogen-bond donors (Lipinski definition) is 9. The third-order valence-corrected chi connectivity index (χ3v) is 20.9. The van der Waals surface area contributed by atoms with Crippen LogP contribution in [-0.4, -0.2) is 211 Å². The first-order chi connectivity index (χ1) is 52.8. The summed E-state index contributed by atoms with van der Waals surface area (Å²) in [5.41, 5.74) is 20.1. The number of aromatic amines is 1. The molecule has 3 aliphatic carbocycles. The van der Waals surface area contributed by atoms with E-state index in [0.29, 0.717) is 108 Å². The minimum absolute atomic E-state index is 0.0284. The van der Waals surface area contributed by atoms with Crippen LogP contribution in [-0.2, 0) is 58.9 Å². The molecule has 5 atom stereocenters. The molecular weight excluding hydrogens is 1400 g/mol. The van der Waals surface area contributed by atoms with Gasteiger partial charge in [-0.3, -0.25) is 24.2 Å². The molecule has 5 aromatic rings. The number of hydrazine groups is 1. The lowest BCUT2D eigenvalue weighted by Gasteiger charge is -2.27. The molecule has 0 saturated heterocycles. The molecule has 30 nitrogen and oxygen atoms in total. The summed E-state index contributed by atoms with van der Waals surface area (Å²) in [5.74, 6) is 0.330. The molecule has 4 aliphatic rings. The van der Waals surface area contributed by atoms with Gasteiger partial charge < -0.3 is 106 Å². The highest BCUT2D eigenvalue weighted by atomic mass is 16.6. The lowest BCUT2D eigenvalue weighted by atomic mass is 9.88. The number of ether oxygens (including phenoxy) is 8. The molecule has 109 heavy (non-hydrogen) atoms. The SMILES string of the molecule is Cc1c2ccncc2c(C)c2c1[nH]c1ccc(OC(=O)N(C)CCN(C)C(=O)OCc3ccc(NC(=O)[C@H](CCCNC(N)=O)NC(=O)[C@@H](NC(=O)COCCN4N[N-]C5=C4CC[C@H]4[C@@H](CC5)[C@H]4COC(=O)NCCOCCOCCOCCOCCC(=O)NCCCCC4CCCCCCC4)C(C)C)cc3)cc12. The van der Waals surface area contributed by atoms with Crippen LogP contribution in [0.1, 0.15) is 140 Å². The number of H-pyrrole nitrogens is 1. The van der Waals surface area contributed by atoms with E-state index in [-0.39, 0.29) is 70.0 Å². The van der Waals surface area contributed by atoms with Crippen molar-refractivity contribution in [2.45, 2.75) is 156 Å². The first kappa shape index (κ1) is 84.0. The maximum absolute atomic E-state index is 13.9. The van der Waals surface area contributed by atoms with Crippen molar-refractivity contribution in [3.05, 3.63) is 94.4 Å². The normalized spacial score (nSPS) is 17.0. The number of allylic oxidation sites excluding steroid dienone is 2. The standard InChI is InChI=1S/C79H115N14O16/c1-52(2)72(75(97)87-67(18-14-32-83-76(80)98)74(96)85-57-21-19-56(20-22-57)49-108-78(100)91(5)35-36-92(6)79(101)109-58-23-26-65-62(47-58)71-53(3)63-48-81-33-29-59(63)54(4)73(71)86-65)88-70(95)51-106-40-37-93-68-28-25-61-60(24-27-66(68)89-90-93)64(61)50-107-77(99)84-34-39-103-42-44-105-46-45-104-43-41-102-38-30-69(94)82-31-13-12-17-55-15-10-8-7-9-11-16-55/h19-23,26,29,33,47-48,52,55,60-61,64,67,72,90H,7-18,24-25,27-28,30-32,34-46,49-51H2,1-6H3,(H,81,86)(H,82,94)(H,84,99)(H,85,96)(H,87,97)(H,88,95)(H3,80,83,98)/q-1/t60-,61+,64-,67+,72+/m1/s1. The van der Waals surface area contributed by atoms with Crippen LogP contribution in [0.2, 0.25) is 0 Å². The van der Waals surface area contributed by atoms with Crippen LogP contribution in [0.5, 0.6) is 5.75 Å². The second-order valence-corrected chi connectivity index (χ2v) is 29.1. The molecule has 0 radical (unpaired) electrons. The summed E-state index contributed by atoms with van der Waals surface area (Å²) in [6, 6.07) is 11.2. The molecule has 3 heterocycles. The van der Waals surface area contributed by atoms with Gasteiger partial charge in [0.1, 0.15) is 31.0 Å². The van der Waals surface area contributed by atoms with Gasteiger partial charge in [0.2, 0.25) is 23.6 Å². The largest absolute Gasteiger partial charge is 0.606 e. The van der Waals surface area contributed by atoms with E-state index in [1.54, 1.807) is 64.5 Å². The molecule has 2 saturated carbocycles. The number of pyridine rings is 1. The molecule has 0 bridgehead atoms. The highest BCUT2D eigenvalue weighted by Crippen LogP contribution is 2.55. The van der Waals surface area contributed by atoms with E-state index >= 15 is 0 Å². The topological polar surface area (TPSA) is 373 Å². The van der Waals surface area contributed by atoms with Crippen LogP contribution in [0.3, 0.4) is 0 Å². The third-order valence-electron chi connectivity index (χ3n) is 20.9. The van der Waals surface area contributed by atoms with Gasteiger partial charge in [-0.15, -0.1) is 5.70 Å². The molecule has 2 fully saturated rings. The number of unbranched alkanes of at least 4 members (excludes halogenated alkanes) is 1. The van der Waals surface area contributed by atoms with Crippen molar-refractivity contribution in [3.63, 3.8) is 0 Å². The number of benzene rings is 3. The number of aryl methyl sites for hydroxylation is 2. The number of hydrogen-bond acceptors (Lipinski definition) is 19. The minimum atomic E-state index is -1.09. The summed E-state index contributed by atoms with van der Waals surface area (Å²) in [6.07, 6.45) is 19.2. The number of likely N-dealkylation sites (N-methyl/N-ethyl adjacent to an activating group) is 2. The number of primary amides is 1. The number of amides is 9. The summed E-state index contributed by atoms with van der Waals surface area (Å²) in [4.78, 5) is 114. The number of nitrogens with two attached hydrogens (primary N) is 1. The van der Waals surface area contributed by atoms with E-state index in [9.17, 15) is 38.4 Å². The molecule has 9 rings (SSSR count). The van der Waals surface area contributed by atoms with Gasteiger partial charge in [0.15, 0.2) is 0 Å². The zero-order chi connectivity index (χ0) is 77.4. The number of alkyl carbamates (subject to hydrolysis) is 1. The predicted molar refractivity (Wildman–Crippen MR) is 413 cm³/mol. The van der Waals surface area contributed by atoms with E-state index in [2.05, 4.69) is 66.7 Å². The first-order valence-electron chi connectivity index (χ1n) is 39.0. The van der Waals surface area contributed by atoms with E-state index in [0.717, 1.165) is 99.7 Å². The smallest absolute Gasteiger partial charge is 0.415 e. The molecule has 0 unspecified atom stereocenters. The third kappa shape index (κ3) is 26.6. The summed E-state index contributed by atoms with van der Waals surface area (Å²) in [6.45, 7) is 12.7. The van der Waals surface area contributed by atoms with Crippen LogP contribution in [0.4, 0.5) is 24.9 Å². The van der Waals surface area contributed by atoms with Crippen LogP contribution < -0.4 is 47.9 Å². The molecular formula is C79H115N14O16-. The number of nitrogens with one attached hydrogen (secondary N) is 8. The van der Waals surface area contributed by atoms with Crippen LogP contribution in [0.15, 0.2) is 72.3 Å². The number of carbonyl (C=O) groups excluding carboxylic acids is 8. The Morgan fingerprint density at radius 1 is 0.670 bits per heavy atom. The second-order valence-electron chi connectivity index (χ2n) is 29.1. The monoisotopic (exact) mass is 1520 g/mol. The van der Waals surface area contributed by atoms with E-state index in [4.69, 9.17) is 43.6 Å². The average Bonchev–Trinajstić information content (AvgIpc) is 1.63. The van der Waals surface area contributed by atoms with Gasteiger partial charge in [-0.1, -0.05) is 83.8 Å². The molecule has 1 aliphatic heterocycles. The number of anilines is 1. The van der Waals surface area contributed by atoms with Crippen molar-refractivity contribution >= 4 is 86.2 Å². The Labute approximate surface area is 639 Å². The Morgan fingerprint density at radius 3 is 2.08 bits per heavy atom. The predicted octanol–water partition coefficient (Wildman–Crippen LogP) is 9.80. The van der Waals surface area contributed by atoms with Gasteiger partial charge in [-0.2, -0.15) is 0 Å². The number of aromatic nitrogens is 2. The van der Waals surface area contributed by atoms with E-state index in [1.807, 2.05) is 29.4 Å². The van der Waals surface area contributed by atoms with Gasteiger partial charge in [0, 0.05) is 98.7 Å². The summed E-state index contributed by atoms with van der Waals surface area (Å²) < 4.78 is 45.1. The molecule has 598 valence electrons. The summed E-state index contributed by atoms with van der Waals surface area (Å²) >= 11 is 0. The van der Waals surface area contributed by atoms with Crippen molar-refractivity contribution in [2.24, 2.45) is 35.3 Å². The molecule has 10 N–H and O–H groups in total. The average molecular weight is 1520 g/mol. The molecule has 2 aromatic heterocycles. The minimum Gasteiger partial charge on any atom is -0.606 e. The van der Waals surface area contributed by atoms with Crippen molar-refractivity contribution in [1.82, 2.24) is 56.9 Å². The van der Waals surface area contributed by atoms with E-state index < -0.39 is 54.1 Å². The highest BCUT2D eigenvalue weighted by Gasteiger charge is 2.50. The zero-order valence-corrected chi connectivity index (χ0v) is 64.4. The number of fused-ring (bicyclic) bond motifs is 5. The molecule has 9 amide bonds. The van der Waals surface area contributed by atoms with Gasteiger partial charge in [-0.25, -0.2) is 19.2 Å². The Bertz CT molecular complexity index is 3830. The Morgan fingerprint density at radius 2 is 1.36 bits per heavy atom. The first-order valence-corrected chi connectivity index (χ1v) is 39.0. The van der Waals surface area contributed by atoms with Gasteiger partial charge in [0.05, 0.1) is 78.1 Å². The fraction of sp³-hybridized carbons (Fsp3) is 0.608. The maximum Gasteiger partial charge on any atom is 0.415 e.